The molecule has 126 valence electrons. The van der Waals surface area contributed by atoms with Crippen molar-refractivity contribution in [2.75, 3.05) is 30.3 Å². The van der Waals surface area contributed by atoms with Gasteiger partial charge in [0.25, 0.3) is 0 Å². The minimum atomic E-state index is 0.0638. The number of nitrogens with zero attached hydrogens (tertiary/aromatic N) is 2. The zero-order chi connectivity index (χ0) is 17.1. The lowest BCUT2D eigenvalue weighted by Crippen LogP contribution is -2.13. The van der Waals surface area contributed by atoms with E-state index in [9.17, 15) is 5.11 Å². The van der Waals surface area contributed by atoms with Crippen LogP contribution in [0.3, 0.4) is 0 Å². The first kappa shape index (κ1) is 15.6. The molecule has 0 aliphatic carbocycles. The van der Waals surface area contributed by atoms with Gasteiger partial charge in [-0.3, -0.25) is 0 Å². The molecule has 0 bridgehead atoms. The van der Waals surface area contributed by atoms with Gasteiger partial charge in [-0.2, -0.15) is 0 Å². The summed E-state index contributed by atoms with van der Waals surface area (Å²) in [6.45, 7) is 1.35. The van der Waals surface area contributed by atoms with E-state index in [1.165, 1.54) is 0 Å². The fourth-order valence-electron chi connectivity index (χ4n) is 3.15. The number of para-hydroxylation sites is 1. The predicted octanol–water partition coefficient (Wildman–Crippen LogP) is 3.18. The lowest BCUT2D eigenvalue weighted by atomic mass is 10.0. The van der Waals surface area contributed by atoms with Crippen molar-refractivity contribution >= 4 is 11.5 Å². The highest BCUT2D eigenvalue weighted by molar-refractivity contribution is 5.82. The molecule has 0 atom stereocenters. The largest absolute Gasteiger partial charge is 0.395 e. The Morgan fingerprint density at radius 2 is 1.80 bits per heavy atom. The Labute approximate surface area is 146 Å². The lowest BCUT2D eigenvalue weighted by molar-refractivity contribution is 0.311. The number of hydrogen-bond acceptors (Lipinski definition) is 5. The average molecular weight is 332 g/mol. The van der Waals surface area contributed by atoms with Gasteiger partial charge in [0.2, 0.25) is 0 Å². The molecule has 0 amide bonds. The van der Waals surface area contributed by atoms with Crippen LogP contribution in [0, 0.1) is 0 Å². The zero-order valence-corrected chi connectivity index (χ0v) is 13.9. The second-order valence-corrected chi connectivity index (χ2v) is 5.96. The van der Waals surface area contributed by atoms with Crippen molar-refractivity contribution in [3.8, 4) is 22.6 Å². The summed E-state index contributed by atoms with van der Waals surface area (Å²) in [4.78, 5) is 9.65. The van der Waals surface area contributed by atoms with Crippen LogP contribution in [0.25, 0.3) is 22.6 Å². The van der Waals surface area contributed by atoms with E-state index < -0.39 is 0 Å². The van der Waals surface area contributed by atoms with Gasteiger partial charge in [0.05, 0.1) is 12.3 Å². The summed E-state index contributed by atoms with van der Waals surface area (Å²) in [5, 5.41) is 15.9. The summed E-state index contributed by atoms with van der Waals surface area (Å²) in [6, 6.07) is 18.2. The van der Waals surface area contributed by atoms with Gasteiger partial charge in [-0.05, 0) is 12.5 Å². The third-order valence-corrected chi connectivity index (χ3v) is 4.32. The Morgan fingerprint density at radius 1 is 1.00 bits per heavy atom. The fourth-order valence-corrected chi connectivity index (χ4v) is 3.15. The maximum Gasteiger partial charge on any atom is 0.162 e. The molecule has 1 aliphatic heterocycles. The van der Waals surface area contributed by atoms with Gasteiger partial charge in [0.15, 0.2) is 5.82 Å². The highest BCUT2D eigenvalue weighted by Crippen LogP contribution is 2.36. The molecule has 3 aromatic rings. The SMILES string of the molecule is OCCNc1nc(-c2ccccc2)nc2c1CCNc1ccccc1-2. The number of aliphatic hydroxyl groups is 1. The number of benzene rings is 2. The van der Waals surface area contributed by atoms with Gasteiger partial charge >= 0.3 is 0 Å². The lowest BCUT2D eigenvalue weighted by Gasteiger charge is -2.15. The van der Waals surface area contributed by atoms with Crippen molar-refractivity contribution in [1.29, 1.82) is 0 Å². The molecule has 0 unspecified atom stereocenters. The minimum absolute atomic E-state index is 0.0638. The third kappa shape index (κ3) is 3.06. The summed E-state index contributed by atoms with van der Waals surface area (Å²) in [5.41, 5.74) is 5.20. The first-order chi connectivity index (χ1) is 12.4. The van der Waals surface area contributed by atoms with E-state index in [1.807, 2.05) is 42.5 Å². The van der Waals surface area contributed by atoms with Gasteiger partial charge in [-0.25, -0.2) is 9.97 Å². The monoisotopic (exact) mass is 332 g/mol. The van der Waals surface area contributed by atoms with Crippen LogP contribution < -0.4 is 10.6 Å². The number of hydrogen-bond donors (Lipinski definition) is 3. The molecule has 4 rings (SSSR count). The van der Waals surface area contributed by atoms with Gasteiger partial charge in [-0.1, -0.05) is 48.5 Å². The quantitative estimate of drug-likeness (QED) is 0.684. The van der Waals surface area contributed by atoms with Crippen LogP contribution in [0.1, 0.15) is 5.56 Å². The summed E-state index contributed by atoms with van der Waals surface area (Å²) >= 11 is 0. The van der Waals surface area contributed by atoms with Crippen LogP contribution >= 0.6 is 0 Å². The number of fused-ring (bicyclic) bond motifs is 3. The van der Waals surface area contributed by atoms with E-state index in [-0.39, 0.29) is 6.61 Å². The highest BCUT2D eigenvalue weighted by atomic mass is 16.3. The molecule has 1 aliphatic rings. The first-order valence-electron chi connectivity index (χ1n) is 8.51. The van der Waals surface area contributed by atoms with E-state index in [0.29, 0.717) is 12.4 Å². The van der Waals surface area contributed by atoms with Gasteiger partial charge in [0.1, 0.15) is 5.82 Å². The van der Waals surface area contributed by atoms with Crippen molar-refractivity contribution in [3.05, 3.63) is 60.2 Å². The number of rotatable bonds is 4. The third-order valence-electron chi connectivity index (χ3n) is 4.32. The van der Waals surface area contributed by atoms with E-state index in [4.69, 9.17) is 9.97 Å². The molecular formula is C20H20N4O. The molecule has 0 saturated carbocycles. The van der Waals surface area contributed by atoms with Crippen LogP contribution in [-0.2, 0) is 6.42 Å². The molecular weight excluding hydrogens is 312 g/mol. The number of aromatic nitrogens is 2. The molecule has 0 spiro atoms. The standard InChI is InChI=1S/C20H20N4O/c25-13-12-22-20-16-10-11-21-17-9-5-4-8-15(17)18(16)23-19(24-20)14-6-2-1-3-7-14/h1-9,21,25H,10-13H2,(H,22,23,24). The van der Waals surface area contributed by atoms with E-state index in [2.05, 4.69) is 22.8 Å². The summed E-state index contributed by atoms with van der Waals surface area (Å²) in [7, 11) is 0. The molecule has 5 nitrogen and oxygen atoms in total. The number of anilines is 2. The zero-order valence-electron chi connectivity index (χ0n) is 13.9. The molecule has 1 aromatic heterocycles. The van der Waals surface area contributed by atoms with Gasteiger partial charge in [-0.15, -0.1) is 0 Å². The smallest absolute Gasteiger partial charge is 0.162 e. The number of nitrogens with one attached hydrogen (secondary N) is 2. The Balaban J connectivity index is 1.92. The van der Waals surface area contributed by atoms with Gasteiger partial charge in [0, 0.05) is 35.5 Å². The Hall–Kier alpha value is -2.92. The minimum Gasteiger partial charge on any atom is -0.395 e. The molecule has 3 N–H and O–H groups in total. The fraction of sp³-hybridized carbons (Fsp3) is 0.200. The van der Waals surface area contributed by atoms with Gasteiger partial charge < -0.3 is 15.7 Å². The average Bonchev–Trinajstić information content (AvgIpc) is 2.86. The molecule has 5 heteroatoms. The molecule has 2 heterocycles. The van der Waals surface area contributed by atoms with E-state index >= 15 is 0 Å². The predicted molar refractivity (Wildman–Crippen MR) is 101 cm³/mol. The summed E-state index contributed by atoms with van der Waals surface area (Å²) in [5.74, 6) is 1.49. The maximum atomic E-state index is 9.21. The molecule has 0 fully saturated rings. The Morgan fingerprint density at radius 3 is 2.64 bits per heavy atom. The first-order valence-corrected chi connectivity index (χ1v) is 8.51. The number of aliphatic hydroxyl groups excluding tert-OH is 1. The molecule has 25 heavy (non-hydrogen) atoms. The molecule has 0 radical (unpaired) electrons. The Bertz CT molecular complexity index is 880. The van der Waals surface area contributed by atoms with Crippen LogP contribution in [0.5, 0.6) is 0 Å². The topological polar surface area (TPSA) is 70.1 Å². The highest BCUT2D eigenvalue weighted by Gasteiger charge is 2.21. The van der Waals surface area contributed by atoms with Crippen LogP contribution in [0.2, 0.25) is 0 Å². The van der Waals surface area contributed by atoms with Crippen molar-refractivity contribution < 1.29 is 5.11 Å². The summed E-state index contributed by atoms with van der Waals surface area (Å²) in [6.07, 6.45) is 0.826. The van der Waals surface area contributed by atoms with E-state index in [0.717, 1.165) is 46.9 Å². The van der Waals surface area contributed by atoms with Crippen molar-refractivity contribution in [3.63, 3.8) is 0 Å². The van der Waals surface area contributed by atoms with Crippen molar-refractivity contribution in [1.82, 2.24) is 9.97 Å². The van der Waals surface area contributed by atoms with Crippen LogP contribution in [-0.4, -0.2) is 34.8 Å². The molecule has 2 aromatic carbocycles. The van der Waals surface area contributed by atoms with Crippen LogP contribution in [0.15, 0.2) is 54.6 Å². The van der Waals surface area contributed by atoms with Crippen molar-refractivity contribution in [2.24, 2.45) is 0 Å². The summed E-state index contributed by atoms with van der Waals surface area (Å²) < 4.78 is 0. The normalized spacial score (nSPS) is 12.5. The molecule has 0 saturated heterocycles. The maximum absolute atomic E-state index is 9.21. The van der Waals surface area contributed by atoms with E-state index in [1.54, 1.807) is 0 Å². The van der Waals surface area contributed by atoms with Crippen molar-refractivity contribution in [2.45, 2.75) is 6.42 Å². The Kier molecular flexibility index (Phi) is 4.31. The van der Waals surface area contributed by atoms with Crippen LogP contribution in [0.4, 0.5) is 11.5 Å². The second-order valence-electron chi connectivity index (χ2n) is 5.96. The second kappa shape index (κ2) is 6.91.